The molecule has 1 aromatic carbocycles. The molecule has 0 amide bonds. The van der Waals surface area contributed by atoms with E-state index in [2.05, 4.69) is 55.3 Å². The lowest BCUT2D eigenvalue weighted by atomic mass is 9.98. The van der Waals surface area contributed by atoms with Crippen molar-refractivity contribution in [3.63, 3.8) is 0 Å². The predicted octanol–water partition coefficient (Wildman–Crippen LogP) is 4.44. The third kappa shape index (κ3) is 2.65. The van der Waals surface area contributed by atoms with E-state index in [9.17, 15) is 5.26 Å². The number of benzene rings is 1. The van der Waals surface area contributed by atoms with Crippen molar-refractivity contribution in [3.8, 4) is 6.07 Å². The van der Waals surface area contributed by atoms with Gasteiger partial charge < -0.3 is 5.32 Å². The average Bonchev–Trinajstić information content (AvgIpc) is 2.41. The molecule has 3 heteroatoms. The molecule has 20 heavy (non-hydrogen) atoms. The van der Waals surface area contributed by atoms with Gasteiger partial charge in [-0.1, -0.05) is 32.0 Å². The molecule has 0 aliphatic carbocycles. The number of nitrogens with zero attached hydrogens (tertiary/aromatic N) is 2. The second kappa shape index (κ2) is 5.75. The first-order chi connectivity index (χ1) is 9.54. The van der Waals surface area contributed by atoms with Gasteiger partial charge in [-0.3, -0.25) is 0 Å². The lowest BCUT2D eigenvalue weighted by Gasteiger charge is -2.17. The van der Waals surface area contributed by atoms with Gasteiger partial charge in [0.05, 0.1) is 5.56 Å². The molecule has 0 unspecified atom stereocenters. The van der Waals surface area contributed by atoms with Gasteiger partial charge in [0.2, 0.25) is 0 Å². The van der Waals surface area contributed by atoms with Crippen LogP contribution in [-0.2, 0) is 0 Å². The zero-order valence-electron chi connectivity index (χ0n) is 12.4. The van der Waals surface area contributed by atoms with Crippen LogP contribution in [0.2, 0.25) is 0 Å². The zero-order valence-corrected chi connectivity index (χ0v) is 12.4. The summed E-state index contributed by atoms with van der Waals surface area (Å²) >= 11 is 0. The van der Waals surface area contributed by atoms with Crippen molar-refractivity contribution in [3.05, 3.63) is 52.7 Å². The number of hydrogen-bond donors (Lipinski definition) is 1. The molecule has 1 N–H and O–H groups in total. The summed E-state index contributed by atoms with van der Waals surface area (Å²) < 4.78 is 0. The zero-order chi connectivity index (χ0) is 14.7. The maximum atomic E-state index is 9.30. The highest BCUT2D eigenvalue weighted by Gasteiger charge is 2.12. The summed E-state index contributed by atoms with van der Waals surface area (Å²) in [5.74, 6) is 1.04. The molecule has 0 saturated heterocycles. The monoisotopic (exact) mass is 265 g/mol. The van der Waals surface area contributed by atoms with Gasteiger partial charge in [0, 0.05) is 11.9 Å². The number of rotatable bonds is 3. The standard InChI is InChI=1S/C17H19N3/c1-11(2)14-7-5-6-13(4)16(14)20-17-15(10-18)12(3)8-9-19-17/h5-9,11H,1-4H3,(H,19,20). The average molecular weight is 265 g/mol. The van der Waals surface area contributed by atoms with Crippen LogP contribution in [0.4, 0.5) is 11.5 Å². The fourth-order valence-corrected chi connectivity index (χ4v) is 2.25. The van der Waals surface area contributed by atoms with Gasteiger partial charge in [-0.05, 0) is 42.5 Å². The van der Waals surface area contributed by atoms with Crippen molar-refractivity contribution in [1.29, 1.82) is 5.26 Å². The van der Waals surface area contributed by atoms with Crippen LogP contribution >= 0.6 is 0 Å². The third-order valence-corrected chi connectivity index (χ3v) is 3.44. The summed E-state index contributed by atoms with van der Waals surface area (Å²) in [4.78, 5) is 4.31. The van der Waals surface area contributed by atoms with E-state index in [0.29, 0.717) is 17.3 Å². The molecule has 0 aliphatic rings. The molecule has 0 atom stereocenters. The highest BCUT2D eigenvalue weighted by Crippen LogP contribution is 2.30. The third-order valence-electron chi connectivity index (χ3n) is 3.44. The van der Waals surface area contributed by atoms with Gasteiger partial charge in [0.15, 0.2) is 0 Å². The van der Waals surface area contributed by atoms with Crippen LogP contribution in [0.3, 0.4) is 0 Å². The van der Waals surface area contributed by atoms with E-state index in [0.717, 1.165) is 16.8 Å². The molecule has 1 heterocycles. The molecule has 2 aromatic rings. The lowest BCUT2D eigenvalue weighted by molar-refractivity contribution is 0.867. The van der Waals surface area contributed by atoms with Crippen LogP contribution in [0.1, 0.15) is 42.0 Å². The summed E-state index contributed by atoms with van der Waals surface area (Å²) in [7, 11) is 0. The molecule has 0 bridgehead atoms. The first-order valence-corrected chi connectivity index (χ1v) is 6.76. The van der Waals surface area contributed by atoms with Crippen LogP contribution < -0.4 is 5.32 Å². The molecular weight excluding hydrogens is 246 g/mol. The Hall–Kier alpha value is -2.34. The number of nitrogens with one attached hydrogen (secondary N) is 1. The van der Waals surface area contributed by atoms with Crippen molar-refractivity contribution in [2.24, 2.45) is 0 Å². The number of anilines is 2. The number of nitriles is 1. The molecule has 2 rings (SSSR count). The Bertz CT molecular complexity index is 666. The van der Waals surface area contributed by atoms with Crippen molar-refractivity contribution >= 4 is 11.5 Å². The molecule has 0 fully saturated rings. The predicted molar refractivity (Wildman–Crippen MR) is 82.2 cm³/mol. The van der Waals surface area contributed by atoms with E-state index < -0.39 is 0 Å². The normalized spacial score (nSPS) is 10.4. The molecule has 1 aromatic heterocycles. The number of pyridine rings is 1. The van der Waals surface area contributed by atoms with Crippen molar-refractivity contribution in [1.82, 2.24) is 4.98 Å². The fraction of sp³-hybridized carbons (Fsp3) is 0.294. The van der Waals surface area contributed by atoms with Gasteiger partial charge in [-0.25, -0.2) is 4.98 Å². The van der Waals surface area contributed by atoms with E-state index in [1.54, 1.807) is 6.20 Å². The Morgan fingerprint density at radius 1 is 1.15 bits per heavy atom. The number of aryl methyl sites for hydroxylation is 2. The van der Waals surface area contributed by atoms with E-state index in [4.69, 9.17) is 0 Å². The van der Waals surface area contributed by atoms with Crippen LogP contribution in [0.15, 0.2) is 30.5 Å². The van der Waals surface area contributed by atoms with Crippen molar-refractivity contribution in [2.45, 2.75) is 33.6 Å². The van der Waals surface area contributed by atoms with E-state index in [1.165, 1.54) is 5.56 Å². The lowest BCUT2D eigenvalue weighted by Crippen LogP contribution is -2.04. The highest BCUT2D eigenvalue weighted by atomic mass is 15.0. The van der Waals surface area contributed by atoms with Crippen molar-refractivity contribution < 1.29 is 0 Å². The van der Waals surface area contributed by atoms with Gasteiger partial charge in [0.25, 0.3) is 0 Å². The van der Waals surface area contributed by atoms with Gasteiger partial charge in [0.1, 0.15) is 11.9 Å². The molecule has 0 aliphatic heterocycles. The molecule has 102 valence electrons. The second-order valence-electron chi connectivity index (χ2n) is 5.28. The molecule has 0 saturated carbocycles. The first-order valence-electron chi connectivity index (χ1n) is 6.76. The Morgan fingerprint density at radius 2 is 1.90 bits per heavy atom. The van der Waals surface area contributed by atoms with E-state index in [1.807, 2.05) is 13.0 Å². The number of aromatic nitrogens is 1. The summed E-state index contributed by atoms with van der Waals surface area (Å²) in [6.07, 6.45) is 1.73. The van der Waals surface area contributed by atoms with Crippen LogP contribution in [0.5, 0.6) is 0 Å². The van der Waals surface area contributed by atoms with Gasteiger partial charge in [-0.15, -0.1) is 0 Å². The smallest absolute Gasteiger partial charge is 0.148 e. The maximum Gasteiger partial charge on any atom is 0.148 e. The molecular formula is C17H19N3. The Kier molecular flexibility index (Phi) is 4.05. The number of para-hydroxylation sites is 1. The SMILES string of the molecule is Cc1ccnc(Nc2c(C)cccc2C(C)C)c1C#N. The van der Waals surface area contributed by atoms with Crippen LogP contribution in [0.25, 0.3) is 0 Å². The van der Waals surface area contributed by atoms with E-state index in [-0.39, 0.29) is 0 Å². The van der Waals surface area contributed by atoms with Gasteiger partial charge in [-0.2, -0.15) is 5.26 Å². The van der Waals surface area contributed by atoms with E-state index >= 15 is 0 Å². The summed E-state index contributed by atoms with van der Waals surface area (Å²) in [6, 6.07) is 10.3. The highest BCUT2D eigenvalue weighted by molar-refractivity contribution is 5.69. The minimum absolute atomic E-state index is 0.410. The second-order valence-corrected chi connectivity index (χ2v) is 5.28. The quantitative estimate of drug-likeness (QED) is 0.892. The van der Waals surface area contributed by atoms with Crippen LogP contribution in [-0.4, -0.2) is 4.98 Å². The Balaban J connectivity index is 2.51. The Morgan fingerprint density at radius 3 is 2.55 bits per heavy atom. The topological polar surface area (TPSA) is 48.7 Å². The molecule has 0 radical (unpaired) electrons. The molecule has 0 spiro atoms. The minimum atomic E-state index is 0.410. The Labute approximate surface area is 120 Å². The van der Waals surface area contributed by atoms with Crippen LogP contribution in [0, 0.1) is 25.2 Å². The fourth-order valence-electron chi connectivity index (χ4n) is 2.25. The largest absolute Gasteiger partial charge is 0.339 e. The molecule has 3 nitrogen and oxygen atoms in total. The van der Waals surface area contributed by atoms with Gasteiger partial charge >= 0.3 is 0 Å². The minimum Gasteiger partial charge on any atom is -0.339 e. The number of hydrogen-bond acceptors (Lipinski definition) is 3. The summed E-state index contributed by atoms with van der Waals surface area (Å²) in [6.45, 7) is 8.31. The summed E-state index contributed by atoms with van der Waals surface area (Å²) in [5, 5.41) is 12.6. The maximum absolute atomic E-state index is 9.30. The first kappa shape index (κ1) is 14.1. The van der Waals surface area contributed by atoms with Crippen molar-refractivity contribution in [2.75, 3.05) is 5.32 Å². The summed E-state index contributed by atoms with van der Waals surface area (Å²) in [5.41, 5.74) is 4.98.